The Hall–Kier alpha value is -2.73. The van der Waals surface area contributed by atoms with Gasteiger partial charge in [-0.25, -0.2) is 9.97 Å². The Kier molecular flexibility index (Phi) is 5.90. The average molecular weight is 393 g/mol. The van der Waals surface area contributed by atoms with Crippen molar-refractivity contribution in [1.29, 1.82) is 0 Å². The van der Waals surface area contributed by atoms with Crippen LogP contribution in [0.25, 0.3) is 11.2 Å². The van der Waals surface area contributed by atoms with Crippen molar-refractivity contribution >= 4 is 17.1 Å². The number of imidazole rings is 1. The van der Waals surface area contributed by atoms with Crippen LogP contribution in [0, 0.1) is 0 Å². The Morgan fingerprint density at radius 1 is 1.21 bits per heavy atom. The van der Waals surface area contributed by atoms with E-state index in [4.69, 9.17) is 9.72 Å². The number of amides is 1. The zero-order valence-electron chi connectivity index (χ0n) is 17.2. The van der Waals surface area contributed by atoms with E-state index in [-0.39, 0.29) is 11.9 Å². The average Bonchev–Trinajstić information content (AvgIpc) is 3.11. The Morgan fingerprint density at radius 3 is 2.86 bits per heavy atom. The quantitative estimate of drug-likeness (QED) is 0.617. The van der Waals surface area contributed by atoms with Gasteiger partial charge in [-0.2, -0.15) is 0 Å². The number of aromatic nitrogens is 3. The van der Waals surface area contributed by atoms with Gasteiger partial charge in [-0.3, -0.25) is 4.79 Å². The van der Waals surface area contributed by atoms with E-state index in [1.807, 2.05) is 23.1 Å². The number of carbonyl (C=O) groups excluding carboxylic acids is 1. The highest BCUT2D eigenvalue weighted by Crippen LogP contribution is 2.22. The summed E-state index contributed by atoms with van der Waals surface area (Å²) in [4.78, 5) is 24.0. The maximum Gasteiger partial charge on any atom is 0.222 e. The van der Waals surface area contributed by atoms with Crippen molar-refractivity contribution in [2.75, 3.05) is 20.3 Å². The minimum absolute atomic E-state index is 0.143. The predicted octanol–water partition coefficient (Wildman–Crippen LogP) is 3.55. The lowest BCUT2D eigenvalue weighted by Crippen LogP contribution is -2.35. The first kappa shape index (κ1) is 19.6. The molecule has 0 saturated carbocycles. The van der Waals surface area contributed by atoms with Gasteiger partial charge in [0.1, 0.15) is 11.3 Å². The van der Waals surface area contributed by atoms with Crippen molar-refractivity contribution < 1.29 is 9.53 Å². The number of hydrogen-bond donors (Lipinski definition) is 0. The largest absolute Gasteiger partial charge is 0.383 e. The molecule has 4 rings (SSSR count). The molecule has 0 N–H and O–H groups in total. The van der Waals surface area contributed by atoms with Crippen LogP contribution in [0.2, 0.25) is 0 Å². The lowest BCUT2D eigenvalue weighted by atomic mass is 9.99. The van der Waals surface area contributed by atoms with Gasteiger partial charge in [-0.05, 0) is 43.0 Å². The highest BCUT2D eigenvalue weighted by atomic mass is 16.5. The third kappa shape index (κ3) is 4.17. The van der Waals surface area contributed by atoms with Gasteiger partial charge in [0.25, 0.3) is 0 Å². The molecule has 3 aromatic rings. The molecular weight excluding hydrogens is 364 g/mol. The molecule has 1 atom stereocenters. The SMILES string of the molecule is COCC(C)n1c(CCCC(=O)N2CCc3ccccc3C2)nc2cccnc21. The Balaban J connectivity index is 1.41. The second kappa shape index (κ2) is 8.74. The van der Waals surface area contributed by atoms with Crippen LogP contribution in [0.5, 0.6) is 0 Å². The number of methoxy groups -OCH3 is 1. The van der Waals surface area contributed by atoms with Crippen molar-refractivity contribution in [3.8, 4) is 0 Å². The first-order chi connectivity index (χ1) is 14.2. The van der Waals surface area contributed by atoms with Gasteiger partial charge < -0.3 is 14.2 Å². The highest BCUT2D eigenvalue weighted by Gasteiger charge is 2.21. The summed E-state index contributed by atoms with van der Waals surface area (Å²) in [5.41, 5.74) is 4.41. The minimum Gasteiger partial charge on any atom is -0.383 e. The number of carbonyl (C=O) groups is 1. The van der Waals surface area contributed by atoms with Gasteiger partial charge in [-0.1, -0.05) is 24.3 Å². The third-order valence-corrected chi connectivity index (χ3v) is 5.64. The fraction of sp³-hybridized carbons (Fsp3) is 0.435. The number of fused-ring (bicyclic) bond motifs is 2. The van der Waals surface area contributed by atoms with E-state index in [0.29, 0.717) is 13.0 Å². The van der Waals surface area contributed by atoms with Crippen molar-refractivity contribution in [3.63, 3.8) is 0 Å². The van der Waals surface area contributed by atoms with Crippen LogP contribution < -0.4 is 0 Å². The Bertz CT molecular complexity index is 997. The molecular formula is C23H28N4O2. The van der Waals surface area contributed by atoms with Crippen molar-refractivity contribution in [2.24, 2.45) is 0 Å². The molecule has 3 heterocycles. The number of pyridine rings is 1. The van der Waals surface area contributed by atoms with Crippen LogP contribution in [-0.4, -0.2) is 45.6 Å². The first-order valence-electron chi connectivity index (χ1n) is 10.3. The number of ether oxygens (including phenoxy) is 1. The van der Waals surface area contributed by atoms with Crippen LogP contribution in [0.15, 0.2) is 42.6 Å². The standard InChI is InChI=1S/C23H28N4O2/c1-17(16-29-2)27-21(25-20-9-6-13-24-23(20)27)10-5-11-22(28)26-14-12-18-7-3-4-8-19(18)15-26/h3-4,6-9,13,17H,5,10-12,14-16H2,1-2H3. The summed E-state index contributed by atoms with van der Waals surface area (Å²) < 4.78 is 7.50. The fourth-order valence-corrected chi connectivity index (χ4v) is 4.20. The van der Waals surface area contributed by atoms with E-state index >= 15 is 0 Å². The van der Waals surface area contributed by atoms with Crippen LogP contribution in [0.4, 0.5) is 0 Å². The van der Waals surface area contributed by atoms with Crippen molar-refractivity contribution in [3.05, 3.63) is 59.5 Å². The molecule has 1 amide bonds. The maximum atomic E-state index is 12.8. The Morgan fingerprint density at radius 2 is 2.03 bits per heavy atom. The second-order valence-corrected chi connectivity index (χ2v) is 7.74. The molecule has 0 bridgehead atoms. The van der Waals surface area contributed by atoms with Crippen LogP contribution >= 0.6 is 0 Å². The molecule has 0 saturated heterocycles. The van der Waals surface area contributed by atoms with Gasteiger partial charge in [-0.15, -0.1) is 0 Å². The Labute approximate surface area is 171 Å². The smallest absolute Gasteiger partial charge is 0.222 e. The molecule has 0 aliphatic carbocycles. The lowest BCUT2D eigenvalue weighted by Gasteiger charge is -2.29. The van der Waals surface area contributed by atoms with Gasteiger partial charge >= 0.3 is 0 Å². The van der Waals surface area contributed by atoms with E-state index in [1.165, 1.54) is 11.1 Å². The number of aryl methyl sites for hydroxylation is 1. The summed E-state index contributed by atoms with van der Waals surface area (Å²) in [5.74, 6) is 1.20. The van der Waals surface area contributed by atoms with E-state index in [9.17, 15) is 4.79 Å². The summed E-state index contributed by atoms with van der Waals surface area (Å²) in [7, 11) is 1.71. The van der Waals surface area contributed by atoms with E-state index in [0.717, 1.165) is 49.3 Å². The molecule has 6 nitrogen and oxygen atoms in total. The molecule has 1 aliphatic heterocycles. The van der Waals surface area contributed by atoms with Crippen LogP contribution in [0.1, 0.15) is 42.8 Å². The molecule has 1 aliphatic rings. The molecule has 0 spiro atoms. The number of benzene rings is 1. The number of hydrogen-bond acceptors (Lipinski definition) is 4. The van der Waals surface area contributed by atoms with Crippen molar-refractivity contribution in [1.82, 2.24) is 19.4 Å². The third-order valence-electron chi connectivity index (χ3n) is 5.64. The summed E-state index contributed by atoms with van der Waals surface area (Å²) >= 11 is 0. The molecule has 29 heavy (non-hydrogen) atoms. The normalized spacial score (nSPS) is 14.8. The topological polar surface area (TPSA) is 60.2 Å². The molecule has 0 radical (unpaired) electrons. The molecule has 0 fully saturated rings. The van der Waals surface area contributed by atoms with Gasteiger partial charge in [0.2, 0.25) is 5.91 Å². The molecule has 6 heteroatoms. The predicted molar refractivity (Wildman–Crippen MR) is 113 cm³/mol. The lowest BCUT2D eigenvalue weighted by molar-refractivity contribution is -0.132. The fourth-order valence-electron chi connectivity index (χ4n) is 4.20. The monoisotopic (exact) mass is 392 g/mol. The summed E-state index contributed by atoms with van der Waals surface area (Å²) in [6.07, 6.45) is 4.80. The van der Waals surface area contributed by atoms with Gasteiger partial charge in [0, 0.05) is 39.2 Å². The number of nitrogens with zero attached hydrogens (tertiary/aromatic N) is 4. The maximum absolute atomic E-state index is 12.8. The summed E-state index contributed by atoms with van der Waals surface area (Å²) in [5, 5.41) is 0. The van der Waals surface area contributed by atoms with Gasteiger partial charge in [0.05, 0.1) is 12.6 Å². The van der Waals surface area contributed by atoms with Crippen LogP contribution in [0.3, 0.4) is 0 Å². The molecule has 2 aromatic heterocycles. The molecule has 152 valence electrons. The highest BCUT2D eigenvalue weighted by molar-refractivity contribution is 5.76. The van der Waals surface area contributed by atoms with Crippen molar-refractivity contribution in [2.45, 2.75) is 45.2 Å². The first-order valence-corrected chi connectivity index (χ1v) is 10.3. The van der Waals surface area contributed by atoms with E-state index < -0.39 is 0 Å². The van der Waals surface area contributed by atoms with E-state index in [2.05, 4.69) is 34.7 Å². The summed E-state index contributed by atoms with van der Waals surface area (Å²) in [6.45, 7) is 4.24. The summed E-state index contributed by atoms with van der Waals surface area (Å²) in [6, 6.07) is 12.4. The zero-order valence-corrected chi connectivity index (χ0v) is 17.2. The van der Waals surface area contributed by atoms with E-state index in [1.54, 1.807) is 13.3 Å². The second-order valence-electron chi connectivity index (χ2n) is 7.74. The molecule has 1 unspecified atom stereocenters. The minimum atomic E-state index is 0.143. The number of rotatable bonds is 7. The zero-order chi connectivity index (χ0) is 20.2. The van der Waals surface area contributed by atoms with Gasteiger partial charge in [0.15, 0.2) is 5.65 Å². The molecule has 1 aromatic carbocycles. The van der Waals surface area contributed by atoms with Crippen LogP contribution in [-0.2, 0) is 28.9 Å².